The van der Waals surface area contributed by atoms with Gasteiger partial charge >= 0.3 is 6.09 Å². The first-order valence-electron chi connectivity index (χ1n) is 9.06. The number of alkyl carbamates (subject to hydrolysis) is 1. The van der Waals surface area contributed by atoms with Crippen molar-refractivity contribution in [3.8, 4) is 0 Å². The predicted octanol–water partition coefficient (Wildman–Crippen LogP) is 2.95. The molecule has 2 heterocycles. The van der Waals surface area contributed by atoms with Crippen LogP contribution in [-0.4, -0.2) is 41.3 Å². The zero-order valence-electron chi connectivity index (χ0n) is 15.7. The van der Waals surface area contributed by atoms with Crippen molar-refractivity contribution < 1.29 is 9.53 Å². The zero-order chi connectivity index (χ0) is 18.7. The fourth-order valence-corrected chi connectivity index (χ4v) is 3.20. The number of nitrogens with zero attached hydrogens (tertiary/aromatic N) is 3. The van der Waals surface area contributed by atoms with Gasteiger partial charge in [0.15, 0.2) is 11.6 Å². The molecule has 1 aliphatic rings. The second-order valence-corrected chi connectivity index (χ2v) is 7.76. The fourth-order valence-electron chi connectivity index (χ4n) is 3.20. The summed E-state index contributed by atoms with van der Waals surface area (Å²) in [5.41, 5.74) is 7.30. The lowest BCUT2D eigenvalue weighted by Crippen LogP contribution is -2.42. The first kappa shape index (κ1) is 18.2. The Kier molecular flexibility index (Phi) is 5.15. The Morgan fingerprint density at radius 1 is 1.31 bits per heavy atom. The van der Waals surface area contributed by atoms with Gasteiger partial charge in [-0.3, -0.25) is 0 Å². The maximum absolute atomic E-state index is 11.9. The van der Waals surface area contributed by atoms with Gasteiger partial charge in [0, 0.05) is 19.6 Å². The van der Waals surface area contributed by atoms with Crippen molar-refractivity contribution in [2.24, 2.45) is 5.92 Å². The zero-order valence-corrected chi connectivity index (χ0v) is 15.7. The number of hydrogen-bond donors (Lipinski definition) is 2. The van der Waals surface area contributed by atoms with E-state index in [1.165, 1.54) is 0 Å². The van der Waals surface area contributed by atoms with E-state index in [-0.39, 0.29) is 6.09 Å². The van der Waals surface area contributed by atoms with Crippen LogP contribution in [0.3, 0.4) is 0 Å². The number of rotatable bonds is 3. The normalized spacial score (nSPS) is 18.0. The van der Waals surface area contributed by atoms with E-state index in [4.69, 9.17) is 15.5 Å². The van der Waals surface area contributed by atoms with Crippen LogP contribution in [0.2, 0.25) is 0 Å². The Morgan fingerprint density at radius 3 is 2.69 bits per heavy atom. The number of aromatic nitrogens is 2. The summed E-state index contributed by atoms with van der Waals surface area (Å²) in [6.07, 6.45) is 1.70. The van der Waals surface area contributed by atoms with Crippen molar-refractivity contribution >= 4 is 28.8 Å². The quantitative estimate of drug-likeness (QED) is 0.877. The number of carbonyl (C=O) groups is 1. The number of amides is 1. The molecule has 7 nitrogen and oxygen atoms in total. The average Bonchev–Trinajstić information content (AvgIpc) is 2.58. The smallest absolute Gasteiger partial charge is 0.407 e. The molecule has 0 saturated carbocycles. The molecule has 3 rings (SSSR count). The molecule has 1 atom stereocenters. The molecule has 140 valence electrons. The van der Waals surface area contributed by atoms with Gasteiger partial charge in [-0.1, -0.05) is 12.1 Å². The maximum atomic E-state index is 11.9. The lowest BCUT2D eigenvalue weighted by Gasteiger charge is -2.34. The van der Waals surface area contributed by atoms with Crippen LogP contribution in [0.5, 0.6) is 0 Å². The number of carbonyl (C=O) groups excluding carboxylic acids is 1. The van der Waals surface area contributed by atoms with Crippen molar-refractivity contribution in [2.75, 3.05) is 30.3 Å². The summed E-state index contributed by atoms with van der Waals surface area (Å²) in [5.74, 6) is 1.50. The molecule has 26 heavy (non-hydrogen) atoms. The van der Waals surface area contributed by atoms with Crippen molar-refractivity contribution in [2.45, 2.75) is 39.2 Å². The van der Waals surface area contributed by atoms with Crippen molar-refractivity contribution in [1.29, 1.82) is 0 Å². The molecule has 1 saturated heterocycles. The standard InChI is InChI=1S/C19H27N5O2/c1-19(2,3)26-18(25)21-11-13-7-6-10-24(12-13)17-16(20)22-14-8-4-5-9-15(14)23-17/h4-5,8-9,13H,6-7,10-12H2,1-3H3,(H2,20,22)(H,21,25). The lowest BCUT2D eigenvalue weighted by molar-refractivity contribution is 0.0517. The summed E-state index contributed by atoms with van der Waals surface area (Å²) < 4.78 is 5.30. The molecule has 1 amide bonds. The van der Waals surface area contributed by atoms with E-state index in [9.17, 15) is 4.79 Å². The SMILES string of the molecule is CC(C)(C)OC(=O)NCC1CCCN(c2nc3ccccc3nc2N)C1. The third kappa shape index (κ3) is 4.53. The minimum absolute atomic E-state index is 0.323. The van der Waals surface area contributed by atoms with Gasteiger partial charge in [-0.25, -0.2) is 14.8 Å². The predicted molar refractivity (Wildman–Crippen MR) is 103 cm³/mol. The van der Waals surface area contributed by atoms with Gasteiger partial charge in [-0.2, -0.15) is 0 Å². The second-order valence-electron chi connectivity index (χ2n) is 7.76. The Balaban J connectivity index is 1.65. The van der Waals surface area contributed by atoms with E-state index in [1.54, 1.807) is 0 Å². The minimum atomic E-state index is -0.488. The summed E-state index contributed by atoms with van der Waals surface area (Å²) >= 11 is 0. The highest BCUT2D eigenvalue weighted by atomic mass is 16.6. The van der Waals surface area contributed by atoms with Gasteiger partial charge in [0.25, 0.3) is 0 Å². The van der Waals surface area contributed by atoms with Crippen LogP contribution in [0.4, 0.5) is 16.4 Å². The number of anilines is 2. The fraction of sp³-hybridized carbons (Fsp3) is 0.526. The largest absolute Gasteiger partial charge is 0.444 e. The van der Waals surface area contributed by atoms with E-state index >= 15 is 0 Å². The molecule has 1 aromatic heterocycles. The molecule has 0 radical (unpaired) electrons. The molecule has 2 aromatic rings. The van der Waals surface area contributed by atoms with Crippen LogP contribution in [0.1, 0.15) is 33.6 Å². The van der Waals surface area contributed by atoms with Gasteiger partial charge in [0.1, 0.15) is 5.60 Å². The number of piperidine rings is 1. The lowest BCUT2D eigenvalue weighted by atomic mass is 9.98. The van der Waals surface area contributed by atoms with E-state index in [0.717, 1.165) is 42.8 Å². The first-order valence-corrected chi connectivity index (χ1v) is 9.06. The number of fused-ring (bicyclic) bond motifs is 1. The summed E-state index contributed by atoms with van der Waals surface area (Å²) in [6, 6.07) is 7.72. The highest BCUT2D eigenvalue weighted by molar-refractivity contribution is 5.79. The molecule has 7 heteroatoms. The first-order chi connectivity index (χ1) is 12.3. The highest BCUT2D eigenvalue weighted by Gasteiger charge is 2.24. The monoisotopic (exact) mass is 357 g/mol. The summed E-state index contributed by atoms with van der Waals surface area (Å²) in [6.45, 7) is 7.82. The average molecular weight is 357 g/mol. The van der Waals surface area contributed by atoms with Gasteiger partial charge in [0.2, 0.25) is 0 Å². The number of hydrogen-bond acceptors (Lipinski definition) is 6. The number of benzene rings is 1. The molecule has 3 N–H and O–H groups in total. The topological polar surface area (TPSA) is 93.4 Å². The summed E-state index contributed by atoms with van der Waals surface area (Å²) in [7, 11) is 0. The Bertz CT molecular complexity index is 787. The van der Waals surface area contributed by atoms with Gasteiger partial charge < -0.3 is 20.7 Å². The van der Waals surface area contributed by atoms with E-state index < -0.39 is 5.60 Å². The molecule has 0 bridgehead atoms. The number of nitrogens with one attached hydrogen (secondary N) is 1. The second kappa shape index (κ2) is 7.35. The molecular weight excluding hydrogens is 330 g/mol. The highest BCUT2D eigenvalue weighted by Crippen LogP contribution is 2.27. The molecule has 0 aliphatic carbocycles. The van der Waals surface area contributed by atoms with E-state index in [1.807, 2.05) is 45.0 Å². The molecule has 1 fully saturated rings. The Labute approximate surface area is 153 Å². The van der Waals surface area contributed by atoms with Crippen LogP contribution in [0.15, 0.2) is 24.3 Å². The molecular formula is C19H27N5O2. The van der Waals surface area contributed by atoms with Gasteiger partial charge in [-0.15, -0.1) is 0 Å². The Hall–Kier alpha value is -2.57. The number of nitrogens with two attached hydrogens (primary N) is 1. The van der Waals surface area contributed by atoms with Crippen LogP contribution in [0.25, 0.3) is 11.0 Å². The number of para-hydroxylation sites is 2. The van der Waals surface area contributed by atoms with E-state index in [0.29, 0.717) is 18.3 Å². The number of nitrogen functional groups attached to an aromatic ring is 1. The number of ether oxygens (including phenoxy) is 1. The van der Waals surface area contributed by atoms with Crippen LogP contribution < -0.4 is 16.0 Å². The van der Waals surface area contributed by atoms with Crippen molar-refractivity contribution in [1.82, 2.24) is 15.3 Å². The van der Waals surface area contributed by atoms with Crippen LogP contribution in [-0.2, 0) is 4.74 Å². The third-order valence-electron chi connectivity index (χ3n) is 4.33. The van der Waals surface area contributed by atoms with Crippen molar-refractivity contribution in [3.05, 3.63) is 24.3 Å². The van der Waals surface area contributed by atoms with E-state index in [2.05, 4.69) is 15.2 Å². The van der Waals surface area contributed by atoms with Crippen molar-refractivity contribution in [3.63, 3.8) is 0 Å². The molecule has 0 spiro atoms. The van der Waals surface area contributed by atoms with Gasteiger partial charge in [-0.05, 0) is 51.7 Å². The van der Waals surface area contributed by atoms with Crippen LogP contribution in [0, 0.1) is 5.92 Å². The third-order valence-corrected chi connectivity index (χ3v) is 4.33. The molecule has 1 aromatic carbocycles. The molecule has 1 unspecified atom stereocenters. The van der Waals surface area contributed by atoms with Crippen LogP contribution >= 0.6 is 0 Å². The minimum Gasteiger partial charge on any atom is -0.444 e. The summed E-state index contributed by atoms with van der Waals surface area (Å²) in [5, 5.41) is 2.87. The Morgan fingerprint density at radius 2 is 2.00 bits per heavy atom. The maximum Gasteiger partial charge on any atom is 0.407 e. The summed E-state index contributed by atoms with van der Waals surface area (Å²) in [4.78, 5) is 23.2. The molecule has 1 aliphatic heterocycles. The van der Waals surface area contributed by atoms with Gasteiger partial charge in [0.05, 0.1) is 11.0 Å².